The molecule has 6 nitrogen and oxygen atoms in total. The molecule has 25 heavy (non-hydrogen) atoms. The van der Waals surface area contributed by atoms with Gasteiger partial charge in [0, 0.05) is 0 Å². The van der Waals surface area contributed by atoms with E-state index in [-0.39, 0.29) is 5.69 Å². The predicted octanol–water partition coefficient (Wildman–Crippen LogP) is 2.58. The maximum absolute atomic E-state index is 13.5. The van der Waals surface area contributed by atoms with Gasteiger partial charge in [0.1, 0.15) is 11.9 Å². The first-order valence-electron chi connectivity index (χ1n) is 7.48. The minimum absolute atomic E-state index is 0.00514. The number of ether oxygens (including phenoxy) is 1. The van der Waals surface area contributed by atoms with Crippen molar-refractivity contribution in [2.24, 2.45) is 0 Å². The molecule has 132 valence electrons. The number of benzene rings is 1. The quantitative estimate of drug-likeness (QED) is 0.772. The third-order valence-electron chi connectivity index (χ3n) is 3.24. The molecule has 0 saturated carbocycles. The number of carbonyl (C=O) groups excluding carboxylic acids is 3. The summed E-state index contributed by atoms with van der Waals surface area (Å²) in [5.41, 5.74) is -0.00514. The fraction of sp³-hybridized carbons (Fsp3) is 0.235. The van der Waals surface area contributed by atoms with Gasteiger partial charge in [-0.25, -0.2) is 9.18 Å². The number of esters is 1. The summed E-state index contributed by atoms with van der Waals surface area (Å²) in [6.07, 6.45) is -1.15. The minimum Gasteiger partial charge on any atom is -0.451 e. The van der Waals surface area contributed by atoms with Crippen LogP contribution in [0.15, 0.2) is 41.8 Å². The Labute approximate surface area is 148 Å². The number of hydrogen-bond acceptors (Lipinski definition) is 5. The summed E-state index contributed by atoms with van der Waals surface area (Å²) in [6, 6.07) is 8.07. The van der Waals surface area contributed by atoms with Gasteiger partial charge in [0.15, 0.2) is 6.10 Å². The van der Waals surface area contributed by atoms with Crippen LogP contribution in [0.5, 0.6) is 0 Å². The Morgan fingerprint density at radius 1 is 1.12 bits per heavy atom. The maximum atomic E-state index is 13.5. The van der Waals surface area contributed by atoms with Gasteiger partial charge in [0.25, 0.3) is 11.8 Å². The lowest BCUT2D eigenvalue weighted by Crippen LogP contribution is -2.42. The van der Waals surface area contributed by atoms with E-state index in [4.69, 9.17) is 4.74 Å². The number of amides is 2. The zero-order chi connectivity index (χ0) is 18.4. The molecule has 0 aliphatic heterocycles. The van der Waals surface area contributed by atoms with Gasteiger partial charge in [-0.2, -0.15) is 0 Å². The Morgan fingerprint density at radius 2 is 1.84 bits per heavy atom. The first kappa shape index (κ1) is 18.6. The number of anilines is 1. The zero-order valence-electron chi connectivity index (χ0n) is 13.6. The number of rotatable bonds is 6. The van der Waals surface area contributed by atoms with Crippen LogP contribution < -0.4 is 10.6 Å². The van der Waals surface area contributed by atoms with Crippen molar-refractivity contribution in [3.63, 3.8) is 0 Å². The molecule has 1 aromatic heterocycles. The number of para-hydroxylation sites is 1. The monoisotopic (exact) mass is 364 g/mol. The van der Waals surface area contributed by atoms with Crippen molar-refractivity contribution in [3.8, 4) is 0 Å². The standard InChI is InChI=1S/C17H17FN2O4S/c1-10(19-16(22)14-8-5-9-25-14)17(23)24-11(2)15(21)20-13-7-4-3-6-12(13)18/h3-11H,1-2H3,(H,19,22)(H,20,21). The molecule has 0 spiro atoms. The van der Waals surface area contributed by atoms with E-state index in [1.54, 1.807) is 23.6 Å². The topological polar surface area (TPSA) is 84.5 Å². The highest BCUT2D eigenvalue weighted by Crippen LogP contribution is 2.13. The number of halogens is 1. The molecule has 2 rings (SSSR count). The van der Waals surface area contributed by atoms with Gasteiger partial charge in [0.2, 0.25) is 0 Å². The van der Waals surface area contributed by atoms with Crippen molar-refractivity contribution in [1.29, 1.82) is 0 Å². The molecule has 0 bridgehead atoms. The van der Waals surface area contributed by atoms with E-state index in [0.717, 1.165) is 0 Å². The molecule has 0 radical (unpaired) electrons. The van der Waals surface area contributed by atoms with Crippen molar-refractivity contribution in [1.82, 2.24) is 5.32 Å². The van der Waals surface area contributed by atoms with Crippen molar-refractivity contribution in [2.45, 2.75) is 26.0 Å². The molecule has 1 heterocycles. The van der Waals surface area contributed by atoms with Crippen LogP contribution in [0.25, 0.3) is 0 Å². The summed E-state index contributed by atoms with van der Waals surface area (Å²) in [6.45, 7) is 2.82. The second-order valence-corrected chi connectivity index (χ2v) is 6.17. The lowest BCUT2D eigenvalue weighted by Gasteiger charge is -2.17. The normalized spacial score (nSPS) is 12.8. The van der Waals surface area contributed by atoms with Crippen LogP contribution in [0.4, 0.5) is 10.1 Å². The molecule has 0 saturated heterocycles. The van der Waals surface area contributed by atoms with Gasteiger partial charge < -0.3 is 15.4 Å². The summed E-state index contributed by atoms with van der Waals surface area (Å²) in [7, 11) is 0. The minimum atomic E-state index is -1.15. The van der Waals surface area contributed by atoms with Crippen molar-refractivity contribution in [2.75, 3.05) is 5.32 Å². The number of carbonyl (C=O) groups is 3. The first-order valence-corrected chi connectivity index (χ1v) is 8.36. The van der Waals surface area contributed by atoms with Crippen molar-refractivity contribution < 1.29 is 23.5 Å². The van der Waals surface area contributed by atoms with Crippen LogP contribution in [-0.4, -0.2) is 29.9 Å². The Morgan fingerprint density at radius 3 is 2.48 bits per heavy atom. The average Bonchev–Trinajstić information content (AvgIpc) is 3.11. The van der Waals surface area contributed by atoms with Crippen LogP contribution in [0.2, 0.25) is 0 Å². The third-order valence-corrected chi connectivity index (χ3v) is 4.11. The van der Waals surface area contributed by atoms with Crippen LogP contribution in [0, 0.1) is 5.82 Å². The van der Waals surface area contributed by atoms with E-state index in [0.29, 0.717) is 4.88 Å². The summed E-state index contributed by atoms with van der Waals surface area (Å²) >= 11 is 1.24. The number of nitrogens with one attached hydrogen (secondary N) is 2. The van der Waals surface area contributed by atoms with Crippen LogP contribution in [-0.2, 0) is 14.3 Å². The summed E-state index contributed by atoms with van der Waals surface area (Å²) in [5.74, 6) is -2.43. The SMILES string of the molecule is CC(NC(=O)c1cccs1)C(=O)OC(C)C(=O)Nc1ccccc1F. The van der Waals surface area contributed by atoms with Crippen LogP contribution >= 0.6 is 11.3 Å². The molecule has 0 aliphatic carbocycles. The van der Waals surface area contributed by atoms with E-state index < -0.39 is 35.7 Å². The van der Waals surface area contributed by atoms with Gasteiger partial charge in [-0.05, 0) is 37.4 Å². The molecule has 1 aromatic carbocycles. The maximum Gasteiger partial charge on any atom is 0.329 e. The fourth-order valence-corrected chi connectivity index (χ4v) is 2.49. The van der Waals surface area contributed by atoms with Gasteiger partial charge in [-0.3, -0.25) is 9.59 Å². The Balaban J connectivity index is 1.87. The van der Waals surface area contributed by atoms with Gasteiger partial charge in [-0.15, -0.1) is 11.3 Å². The second-order valence-electron chi connectivity index (χ2n) is 5.22. The lowest BCUT2D eigenvalue weighted by atomic mass is 10.2. The summed E-state index contributed by atoms with van der Waals surface area (Å²) in [4.78, 5) is 36.3. The molecular weight excluding hydrogens is 347 g/mol. The number of hydrogen-bond donors (Lipinski definition) is 2. The van der Waals surface area contributed by atoms with E-state index in [9.17, 15) is 18.8 Å². The van der Waals surface area contributed by atoms with Gasteiger partial charge >= 0.3 is 5.97 Å². The first-order chi connectivity index (χ1) is 11.9. The lowest BCUT2D eigenvalue weighted by molar-refractivity contribution is -0.154. The van der Waals surface area contributed by atoms with Gasteiger partial charge in [-0.1, -0.05) is 18.2 Å². The predicted molar refractivity (Wildman–Crippen MR) is 91.8 cm³/mol. The van der Waals surface area contributed by atoms with Crippen molar-refractivity contribution in [3.05, 3.63) is 52.5 Å². The molecule has 0 aliphatic rings. The fourth-order valence-electron chi connectivity index (χ4n) is 1.86. The molecule has 8 heteroatoms. The smallest absolute Gasteiger partial charge is 0.329 e. The Kier molecular flexibility index (Phi) is 6.24. The van der Waals surface area contributed by atoms with E-state index >= 15 is 0 Å². The molecule has 0 fully saturated rings. The highest BCUT2D eigenvalue weighted by Gasteiger charge is 2.24. The molecule has 2 unspecified atom stereocenters. The summed E-state index contributed by atoms with van der Waals surface area (Å²) in [5, 5.41) is 6.57. The highest BCUT2D eigenvalue weighted by molar-refractivity contribution is 7.12. The molecule has 2 N–H and O–H groups in total. The third kappa shape index (κ3) is 5.12. The second kappa shape index (κ2) is 8.39. The van der Waals surface area contributed by atoms with Crippen molar-refractivity contribution >= 4 is 34.8 Å². The molecule has 2 amide bonds. The Hall–Kier alpha value is -2.74. The van der Waals surface area contributed by atoms with E-state index in [1.807, 2.05) is 0 Å². The van der Waals surface area contributed by atoms with E-state index in [1.165, 1.54) is 43.4 Å². The largest absolute Gasteiger partial charge is 0.451 e. The van der Waals surface area contributed by atoms with Crippen LogP contribution in [0.3, 0.4) is 0 Å². The van der Waals surface area contributed by atoms with Gasteiger partial charge in [0.05, 0.1) is 10.6 Å². The summed E-state index contributed by atoms with van der Waals surface area (Å²) < 4.78 is 18.5. The number of thiophene rings is 1. The van der Waals surface area contributed by atoms with Crippen LogP contribution in [0.1, 0.15) is 23.5 Å². The highest BCUT2D eigenvalue weighted by atomic mass is 32.1. The average molecular weight is 364 g/mol. The molecular formula is C17H17FN2O4S. The zero-order valence-corrected chi connectivity index (χ0v) is 14.4. The molecule has 2 aromatic rings. The van der Waals surface area contributed by atoms with E-state index in [2.05, 4.69) is 10.6 Å². The Bertz CT molecular complexity index is 764. The molecule has 2 atom stereocenters.